The van der Waals surface area contributed by atoms with E-state index in [4.69, 9.17) is 10.5 Å². The van der Waals surface area contributed by atoms with E-state index in [0.717, 1.165) is 5.56 Å². The van der Waals surface area contributed by atoms with Crippen molar-refractivity contribution in [2.75, 3.05) is 12.3 Å². The van der Waals surface area contributed by atoms with Crippen LogP contribution in [-0.4, -0.2) is 17.7 Å². The molecule has 0 radical (unpaired) electrons. The number of nitrogen functional groups attached to an aromatic ring is 1. The van der Waals surface area contributed by atoms with E-state index in [-0.39, 0.29) is 12.4 Å². The number of para-hydroxylation sites is 1. The number of benzene rings is 2. The number of phenols is 1. The fraction of sp³-hybridized carbons (Fsp3) is 0.167. The Morgan fingerprint density at radius 2 is 1.96 bits per heavy atom. The van der Waals surface area contributed by atoms with Crippen LogP contribution in [0.3, 0.4) is 0 Å². The molecule has 4 N–H and O–H groups in total. The molecule has 0 heterocycles. The molecule has 0 aliphatic heterocycles. The second-order valence-electron chi connectivity index (χ2n) is 4.78. The summed E-state index contributed by atoms with van der Waals surface area (Å²) < 4.78 is 5.07. The minimum Gasteiger partial charge on any atom is -0.505 e. The molecule has 5 heteroatoms. The summed E-state index contributed by atoms with van der Waals surface area (Å²) in [5.74, 6) is 5.66. The number of hydrogen-bond donors (Lipinski definition) is 3. The van der Waals surface area contributed by atoms with Gasteiger partial charge in [0.25, 0.3) is 0 Å². The molecule has 2 rings (SSSR count). The van der Waals surface area contributed by atoms with Crippen molar-refractivity contribution >= 4 is 11.8 Å². The number of anilines is 1. The van der Waals surface area contributed by atoms with Crippen molar-refractivity contribution in [2.45, 2.75) is 13.0 Å². The van der Waals surface area contributed by atoms with Crippen LogP contribution in [0.15, 0.2) is 48.5 Å². The average Bonchev–Trinajstić information content (AvgIpc) is 2.57. The Balaban J connectivity index is 1.70. The van der Waals surface area contributed by atoms with Crippen LogP contribution in [0, 0.1) is 11.8 Å². The van der Waals surface area contributed by atoms with Crippen molar-refractivity contribution in [3.63, 3.8) is 0 Å². The highest BCUT2D eigenvalue weighted by Gasteiger charge is 2.02. The predicted molar refractivity (Wildman–Crippen MR) is 88.6 cm³/mol. The number of nitrogens with two attached hydrogens (primary N) is 1. The number of carbonyl (C=O) groups is 1. The van der Waals surface area contributed by atoms with Crippen LogP contribution in [0.2, 0.25) is 0 Å². The minimum atomic E-state index is -0.484. The number of nitrogens with one attached hydrogen (secondary N) is 1. The molecule has 0 unspecified atom stereocenters. The van der Waals surface area contributed by atoms with Gasteiger partial charge in [0, 0.05) is 13.0 Å². The molecule has 118 valence electrons. The van der Waals surface area contributed by atoms with Crippen LogP contribution in [0.5, 0.6) is 5.75 Å². The van der Waals surface area contributed by atoms with E-state index in [1.807, 2.05) is 30.3 Å². The van der Waals surface area contributed by atoms with E-state index < -0.39 is 6.09 Å². The molecule has 1 amide bonds. The highest BCUT2D eigenvalue weighted by molar-refractivity contribution is 5.67. The van der Waals surface area contributed by atoms with Crippen molar-refractivity contribution in [3.05, 3.63) is 59.7 Å². The summed E-state index contributed by atoms with van der Waals surface area (Å²) in [6, 6.07) is 14.5. The lowest BCUT2D eigenvalue weighted by Crippen LogP contribution is -2.24. The number of hydrogen-bond acceptors (Lipinski definition) is 4. The van der Waals surface area contributed by atoms with Gasteiger partial charge in [-0.3, -0.25) is 0 Å². The summed E-state index contributed by atoms with van der Waals surface area (Å²) in [7, 11) is 0. The lowest BCUT2D eigenvalue weighted by atomic mass is 10.2. The standard InChI is InChI=1S/C18H18N2O3/c19-16-11-6-10-15(17(16)21)9-4-5-12-20-18(22)23-13-14-7-2-1-3-8-14/h1-3,6-8,10-11,21H,5,12-13,19H2,(H,20,22). The van der Waals surface area contributed by atoms with Crippen LogP contribution >= 0.6 is 0 Å². The molecule has 23 heavy (non-hydrogen) atoms. The summed E-state index contributed by atoms with van der Waals surface area (Å²) in [4.78, 5) is 11.5. The van der Waals surface area contributed by atoms with Gasteiger partial charge in [0.05, 0.1) is 11.3 Å². The fourth-order valence-electron chi connectivity index (χ4n) is 1.82. The first-order chi connectivity index (χ1) is 11.2. The summed E-state index contributed by atoms with van der Waals surface area (Å²) in [5.41, 5.74) is 7.27. The van der Waals surface area contributed by atoms with Crippen LogP contribution in [0.1, 0.15) is 17.5 Å². The first-order valence-corrected chi connectivity index (χ1v) is 7.17. The molecule has 0 bridgehead atoms. The molecule has 2 aromatic rings. The Hall–Kier alpha value is -3.13. The smallest absolute Gasteiger partial charge is 0.407 e. The largest absolute Gasteiger partial charge is 0.505 e. The molecular weight excluding hydrogens is 292 g/mol. The number of alkyl carbamates (subject to hydrolysis) is 1. The van der Waals surface area contributed by atoms with E-state index in [1.165, 1.54) is 0 Å². The molecule has 0 aliphatic carbocycles. The maximum absolute atomic E-state index is 11.5. The summed E-state index contributed by atoms with van der Waals surface area (Å²) >= 11 is 0. The zero-order valence-corrected chi connectivity index (χ0v) is 12.6. The number of carbonyl (C=O) groups excluding carboxylic acids is 1. The van der Waals surface area contributed by atoms with Crippen LogP contribution in [-0.2, 0) is 11.3 Å². The Bertz CT molecular complexity index is 718. The molecule has 0 aromatic heterocycles. The molecule has 0 atom stereocenters. The van der Waals surface area contributed by atoms with E-state index in [0.29, 0.717) is 24.2 Å². The molecule has 0 aliphatic rings. The van der Waals surface area contributed by atoms with Crippen LogP contribution < -0.4 is 11.1 Å². The maximum Gasteiger partial charge on any atom is 0.407 e. The Kier molecular flexibility index (Phi) is 5.89. The van der Waals surface area contributed by atoms with Gasteiger partial charge in [-0.1, -0.05) is 48.2 Å². The zero-order chi connectivity index (χ0) is 16.5. The van der Waals surface area contributed by atoms with Crippen LogP contribution in [0.4, 0.5) is 10.5 Å². The van der Waals surface area contributed by atoms with Gasteiger partial charge in [-0.25, -0.2) is 4.79 Å². The van der Waals surface area contributed by atoms with Gasteiger partial charge in [0.2, 0.25) is 0 Å². The lowest BCUT2D eigenvalue weighted by Gasteiger charge is -2.05. The van der Waals surface area contributed by atoms with Crippen molar-refractivity contribution in [1.29, 1.82) is 0 Å². The fourth-order valence-corrected chi connectivity index (χ4v) is 1.82. The lowest BCUT2D eigenvalue weighted by molar-refractivity contribution is 0.140. The Morgan fingerprint density at radius 3 is 2.74 bits per heavy atom. The third-order valence-electron chi connectivity index (χ3n) is 3.02. The van der Waals surface area contributed by atoms with Gasteiger partial charge < -0.3 is 20.9 Å². The number of ether oxygens (including phenoxy) is 1. The van der Waals surface area contributed by atoms with Gasteiger partial charge in [-0.2, -0.15) is 0 Å². The molecule has 0 spiro atoms. The Labute approximate surface area is 135 Å². The minimum absolute atomic E-state index is 0.0183. The molecule has 0 fully saturated rings. The average molecular weight is 310 g/mol. The normalized spacial score (nSPS) is 9.57. The van der Waals surface area contributed by atoms with Crippen molar-refractivity contribution in [2.24, 2.45) is 0 Å². The number of aromatic hydroxyl groups is 1. The molecule has 5 nitrogen and oxygen atoms in total. The third kappa shape index (κ3) is 5.29. The molecule has 0 saturated heterocycles. The third-order valence-corrected chi connectivity index (χ3v) is 3.02. The molecule has 0 saturated carbocycles. The summed E-state index contributed by atoms with van der Waals surface area (Å²) in [6.45, 7) is 0.596. The molecule has 2 aromatic carbocycles. The van der Waals surface area contributed by atoms with E-state index >= 15 is 0 Å². The summed E-state index contributed by atoms with van der Waals surface area (Å²) in [5, 5.41) is 12.3. The second-order valence-corrected chi connectivity index (χ2v) is 4.78. The van der Waals surface area contributed by atoms with Gasteiger partial charge in [-0.05, 0) is 17.7 Å². The number of amides is 1. The van der Waals surface area contributed by atoms with Gasteiger partial charge in [-0.15, -0.1) is 0 Å². The highest BCUT2D eigenvalue weighted by atomic mass is 16.5. The SMILES string of the molecule is Nc1cccc(C#CCCNC(=O)OCc2ccccc2)c1O. The van der Waals surface area contributed by atoms with Gasteiger partial charge in [0.15, 0.2) is 5.75 Å². The van der Waals surface area contributed by atoms with Crippen molar-refractivity contribution in [1.82, 2.24) is 5.32 Å². The predicted octanol–water partition coefficient (Wildman–Crippen LogP) is 2.64. The van der Waals surface area contributed by atoms with Crippen molar-refractivity contribution in [3.8, 4) is 17.6 Å². The topological polar surface area (TPSA) is 84.6 Å². The van der Waals surface area contributed by atoms with E-state index in [9.17, 15) is 9.90 Å². The second kappa shape index (κ2) is 8.35. The van der Waals surface area contributed by atoms with Crippen LogP contribution in [0.25, 0.3) is 0 Å². The summed E-state index contributed by atoms with van der Waals surface area (Å²) in [6.07, 6.45) is -0.0447. The zero-order valence-electron chi connectivity index (χ0n) is 12.6. The van der Waals surface area contributed by atoms with Crippen molar-refractivity contribution < 1.29 is 14.6 Å². The first-order valence-electron chi connectivity index (χ1n) is 7.17. The quantitative estimate of drug-likeness (QED) is 0.351. The Morgan fingerprint density at radius 1 is 1.17 bits per heavy atom. The van der Waals surface area contributed by atoms with Gasteiger partial charge in [0.1, 0.15) is 6.61 Å². The number of phenolic OH excluding ortho intramolecular Hbond substituents is 1. The van der Waals surface area contributed by atoms with E-state index in [1.54, 1.807) is 18.2 Å². The monoisotopic (exact) mass is 310 g/mol. The number of rotatable bonds is 4. The van der Waals surface area contributed by atoms with E-state index in [2.05, 4.69) is 17.2 Å². The van der Waals surface area contributed by atoms with Gasteiger partial charge >= 0.3 is 6.09 Å². The molecular formula is C18H18N2O3. The maximum atomic E-state index is 11.5. The highest BCUT2D eigenvalue weighted by Crippen LogP contribution is 2.23. The first kappa shape index (κ1) is 16.2.